The molecule has 0 N–H and O–H groups in total. The second-order valence-corrected chi connectivity index (χ2v) is 9.74. The van der Waals surface area contributed by atoms with E-state index in [0.29, 0.717) is 13.2 Å². The smallest absolute Gasteiger partial charge is 0.409 e. The monoisotopic (exact) mass is 462 g/mol. The number of ether oxygens (including phenoxy) is 1. The number of amides is 1. The Bertz CT molecular complexity index is 636. The average Bonchev–Trinajstić information content (AvgIpc) is 2.77. The quantitative estimate of drug-likeness (QED) is 0.421. The summed E-state index contributed by atoms with van der Waals surface area (Å²) in [6, 6.07) is 9.82. The molecular weight excluding hydrogens is 416 g/mol. The molecule has 0 radical (unpaired) electrons. The highest BCUT2D eigenvalue weighted by atomic mass is 16.6. The fourth-order valence-corrected chi connectivity index (χ4v) is 4.08. The number of hydrogen-bond donors (Lipinski definition) is 0. The Balaban J connectivity index is 1.74. The van der Waals surface area contributed by atoms with E-state index in [9.17, 15) is 4.79 Å². The Labute approximate surface area is 201 Å². The van der Waals surface area contributed by atoms with Gasteiger partial charge in [0.1, 0.15) is 6.61 Å². The minimum Gasteiger partial charge on any atom is -0.445 e. The van der Waals surface area contributed by atoms with Crippen LogP contribution >= 0.6 is 0 Å². The van der Waals surface area contributed by atoms with Crippen LogP contribution in [0.5, 0.6) is 0 Å². The summed E-state index contributed by atoms with van der Waals surface area (Å²) in [6.07, 6.45) is 3.05. The van der Waals surface area contributed by atoms with Crippen molar-refractivity contribution in [3.05, 3.63) is 35.9 Å². The molecule has 1 aliphatic heterocycles. The van der Waals surface area contributed by atoms with E-state index < -0.39 is 0 Å². The van der Waals surface area contributed by atoms with Gasteiger partial charge in [-0.2, -0.15) is 0 Å². The molecule has 0 bridgehead atoms. The summed E-state index contributed by atoms with van der Waals surface area (Å²) in [4.78, 5) is 26.1. The van der Waals surface area contributed by atoms with Gasteiger partial charge >= 0.3 is 6.09 Å². The van der Waals surface area contributed by atoms with Gasteiger partial charge in [-0.25, -0.2) is 4.79 Å². The standard InChI is InChI=1S/C25H46N6O2/c1-26(2)14-9-17-29-21-30(18-10-15-27(3)4)23-31(22-29)19-11-16-28(5)25(32)33-20-24-12-7-6-8-13-24/h6-8,12-13H,9-11,14-23H2,1-5H3. The Hall–Kier alpha value is -1.71. The Kier molecular flexibility index (Phi) is 12.7. The molecule has 8 nitrogen and oxygen atoms in total. The Morgan fingerprint density at radius 2 is 1.21 bits per heavy atom. The largest absolute Gasteiger partial charge is 0.445 e. The number of rotatable bonds is 14. The van der Waals surface area contributed by atoms with Crippen molar-refractivity contribution in [2.75, 3.05) is 94.5 Å². The lowest BCUT2D eigenvalue weighted by Crippen LogP contribution is -2.55. The summed E-state index contributed by atoms with van der Waals surface area (Å²) < 4.78 is 5.44. The lowest BCUT2D eigenvalue weighted by molar-refractivity contribution is -0.0321. The van der Waals surface area contributed by atoms with Gasteiger partial charge in [-0.05, 0) is 66.1 Å². The molecule has 188 valence electrons. The maximum Gasteiger partial charge on any atom is 0.409 e. The van der Waals surface area contributed by atoms with Crippen LogP contribution in [-0.4, -0.2) is 130 Å². The van der Waals surface area contributed by atoms with Gasteiger partial charge in [-0.3, -0.25) is 14.7 Å². The molecule has 8 heteroatoms. The van der Waals surface area contributed by atoms with Crippen LogP contribution in [0.3, 0.4) is 0 Å². The SMILES string of the molecule is CN(C)CCCN1CN(CCCN(C)C)CN(CCCN(C)C(=O)OCc2ccccc2)C1. The summed E-state index contributed by atoms with van der Waals surface area (Å²) in [5, 5.41) is 0. The van der Waals surface area contributed by atoms with Crippen LogP contribution in [0, 0.1) is 0 Å². The molecule has 0 atom stereocenters. The van der Waals surface area contributed by atoms with E-state index in [0.717, 1.165) is 64.7 Å². The molecule has 1 aliphatic rings. The molecule has 1 aromatic rings. The molecule has 0 saturated carbocycles. The number of benzene rings is 1. The van der Waals surface area contributed by atoms with Crippen molar-refractivity contribution in [3.8, 4) is 0 Å². The van der Waals surface area contributed by atoms with E-state index in [2.05, 4.69) is 52.7 Å². The molecule has 0 aromatic heterocycles. The van der Waals surface area contributed by atoms with Gasteiger partial charge in [0, 0.05) is 33.2 Å². The van der Waals surface area contributed by atoms with Gasteiger partial charge in [0.25, 0.3) is 0 Å². The lowest BCUT2D eigenvalue weighted by Gasteiger charge is -2.42. The van der Waals surface area contributed by atoms with Crippen molar-refractivity contribution in [2.24, 2.45) is 0 Å². The first-order valence-electron chi connectivity index (χ1n) is 12.2. The van der Waals surface area contributed by atoms with E-state index in [1.165, 1.54) is 12.8 Å². The Morgan fingerprint density at radius 1 is 0.758 bits per heavy atom. The topological polar surface area (TPSA) is 45.7 Å². The predicted molar refractivity (Wildman–Crippen MR) is 135 cm³/mol. The molecule has 33 heavy (non-hydrogen) atoms. The van der Waals surface area contributed by atoms with Crippen molar-refractivity contribution in [1.29, 1.82) is 0 Å². The molecule has 1 aromatic carbocycles. The minimum atomic E-state index is -0.256. The van der Waals surface area contributed by atoms with Crippen molar-refractivity contribution >= 4 is 6.09 Å². The van der Waals surface area contributed by atoms with Gasteiger partial charge in [-0.1, -0.05) is 30.3 Å². The molecule has 0 unspecified atom stereocenters. The molecule has 0 spiro atoms. The van der Waals surface area contributed by atoms with E-state index in [1.807, 2.05) is 37.4 Å². The Morgan fingerprint density at radius 3 is 1.67 bits per heavy atom. The number of nitrogens with zero attached hydrogens (tertiary/aromatic N) is 6. The van der Waals surface area contributed by atoms with Crippen LogP contribution in [0.2, 0.25) is 0 Å². The predicted octanol–water partition coefficient (Wildman–Crippen LogP) is 2.34. The van der Waals surface area contributed by atoms with Gasteiger partial charge in [0.05, 0.1) is 20.0 Å². The van der Waals surface area contributed by atoms with Gasteiger partial charge in [-0.15, -0.1) is 0 Å². The van der Waals surface area contributed by atoms with Crippen molar-refractivity contribution in [3.63, 3.8) is 0 Å². The average molecular weight is 463 g/mol. The maximum atomic E-state index is 12.3. The maximum absolute atomic E-state index is 12.3. The van der Waals surface area contributed by atoms with Gasteiger partial charge < -0.3 is 19.4 Å². The van der Waals surface area contributed by atoms with Crippen molar-refractivity contribution in [2.45, 2.75) is 25.9 Å². The highest BCUT2D eigenvalue weighted by Gasteiger charge is 2.23. The van der Waals surface area contributed by atoms with Crippen molar-refractivity contribution < 1.29 is 9.53 Å². The summed E-state index contributed by atoms with van der Waals surface area (Å²) in [7, 11) is 10.4. The van der Waals surface area contributed by atoms with Crippen LogP contribution in [0.4, 0.5) is 4.79 Å². The van der Waals surface area contributed by atoms with E-state index in [1.54, 1.807) is 4.90 Å². The second-order valence-electron chi connectivity index (χ2n) is 9.74. The fraction of sp³-hybridized carbons (Fsp3) is 0.720. The zero-order valence-electron chi connectivity index (χ0n) is 21.6. The van der Waals surface area contributed by atoms with Crippen LogP contribution in [-0.2, 0) is 11.3 Å². The normalized spacial score (nSPS) is 16.0. The van der Waals surface area contributed by atoms with E-state index in [-0.39, 0.29) is 6.09 Å². The molecule has 1 amide bonds. The van der Waals surface area contributed by atoms with Crippen LogP contribution < -0.4 is 0 Å². The number of carbonyl (C=O) groups excluding carboxylic acids is 1. The molecule has 0 aliphatic carbocycles. The third-order valence-corrected chi connectivity index (χ3v) is 5.84. The molecule has 1 saturated heterocycles. The molecular formula is C25H46N6O2. The number of carbonyl (C=O) groups is 1. The first kappa shape index (κ1) is 27.5. The molecule has 1 fully saturated rings. The number of hydrogen-bond acceptors (Lipinski definition) is 7. The summed E-state index contributed by atoms with van der Waals surface area (Å²) >= 11 is 0. The third kappa shape index (κ3) is 11.8. The highest BCUT2D eigenvalue weighted by molar-refractivity contribution is 5.67. The summed E-state index contributed by atoms with van der Waals surface area (Å²) in [5.41, 5.74) is 1.01. The first-order chi connectivity index (χ1) is 15.8. The zero-order valence-corrected chi connectivity index (χ0v) is 21.6. The molecule has 1 heterocycles. The van der Waals surface area contributed by atoms with E-state index in [4.69, 9.17) is 4.74 Å². The third-order valence-electron chi connectivity index (χ3n) is 5.84. The zero-order chi connectivity index (χ0) is 24.1. The van der Waals surface area contributed by atoms with Crippen LogP contribution in [0.1, 0.15) is 24.8 Å². The van der Waals surface area contributed by atoms with Crippen molar-refractivity contribution in [1.82, 2.24) is 29.4 Å². The molecule has 2 rings (SSSR count). The minimum absolute atomic E-state index is 0.256. The second kappa shape index (κ2) is 15.2. The van der Waals surface area contributed by atoms with E-state index >= 15 is 0 Å². The highest BCUT2D eigenvalue weighted by Crippen LogP contribution is 2.10. The van der Waals surface area contributed by atoms with Gasteiger partial charge in [0.15, 0.2) is 0 Å². The van der Waals surface area contributed by atoms with Crippen LogP contribution in [0.25, 0.3) is 0 Å². The fourth-order valence-electron chi connectivity index (χ4n) is 4.08. The first-order valence-corrected chi connectivity index (χ1v) is 12.2. The lowest BCUT2D eigenvalue weighted by atomic mass is 10.2. The van der Waals surface area contributed by atoms with Crippen LogP contribution in [0.15, 0.2) is 30.3 Å². The van der Waals surface area contributed by atoms with Gasteiger partial charge in [0.2, 0.25) is 0 Å². The summed E-state index contributed by atoms with van der Waals surface area (Å²) in [5.74, 6) is 0. The summed E-state index contributed by atoms with van der Waals surface area (Å²) in [6.45, 7) is 9.51.